The van der Waals surface area contributed by atoms with Crippen LogP contribution in [0.1, 0.15) is 26.7 Å². The zero-order valence-electron chi connectivity index (χ0n) is 8.74. The highest BCUT2D eigenvalue weighted by Gasteiger charge is 2.33. The number of aliphatic hydroxyl groups is 1. The molecule has 3 unspecified atom stereocenters. The third kappa shape index (κ3) is 2.66. The summed E-state index contributed by atoms with van der Waals surface area (Å²) in [6.07, 6.45) is 1.93. The molecule has 1 saturated heterocycles. The molecule has 0 radical (unpaired) electrons. The Bertz CT molecular complexity index is 152. The summed E-state index contributed by atoms with van der Waals surface area (Å²) in [6, 6.07) is 0.177. The molecule has 0 spiro atoms. The molecule has 1 rings (SSSR count). The lowest BCUT2D eigenvalue weighted by Gasteiger charge is -2.21. The summed E-state index contributed by atoms with van der Waals surface area (Å²) in [7, 11) is 0. The van der Waals surface area contributed by atoms with Crippen molar-refractivity contribution in [1.29, 1.82) is 0 Å². The van der Waals surface area contributed by atoms with Gasteiger partial charge in [0.05, 0.1) is 6.10 Å². The molecule has 0 amide bonds. The Morgan fingerprint density at radius 1 is 1.46 bits per heavy atom. The van der Waals surface area contributed by atoms with Crippen molar-refractivity contribution in [3.8, 4) is 0 Å². The molecule has 3 N–H and O–H groups in total. The van der Waals surface area contributed by atoms with E-state index in [9.17, 15) is 5.11 Å². The van der Waals surface area contributed by atoms with Crippen LogP contribution in [0.3, 0.4) is 0 Å². The van der Waals surface area contributed by atoms with Crippen LogP contribution in [0.4, 0.5) is 0 Å². The fraction of sp³-hybridized carbons (Fsp3) is 1.00. The molecule has 0 aromatic carbocycles. The van der Waals surface area contributed by atoms with Crippen LogP contribution in [0.25, 0.3) is 0 Å². The van der Waals surface area contributed by atoms with E-state index in [1.165, 1.54) is 0 Å². The van der Waals surface area contributed by atoms with E-state index in [1.807, 2.05) is 0 Å². The number of rotatable bonds is 4. The summed E-state index contributed by atoms with van der Waals surface area (Å²) < 4.78 is 0. The van der Waals surface area contributed by atoms with Crippen molar-refractivity contribution in [3.63, 3.8) is 0 Å². The van der Waals surface area contributed by atoms with Crippen molar-refractivity contribution in [1.82, 2.24) is 4.90 Å². The molecule has 3 heteroatoms. The largest absolute Gasteiger partial charge is 0.391 e. The van der Waals surface area contributed by atoms with E-state index in [1.54, 1.807) is 0 Å². The minimum atomic E-state index is -0.207. The maximum absolute atomic E-state index is 9.77. The summed E-state index contributed by atoms with van der Waals surface area (Å²) in [6.45, 7) is 7.06. The molecule has 1 heterocycles. The third-order valence-corrected chi connectivity index (χ3v) is 3.03. The normalized spacial score (nSPS) is 32.3. The number of likely N-dealkylation sites (N-methyl/N-ethyl adjacent to an activating group) is 1. The third-order valence-electron chi connectivity index (χ3n) is 3.03. The number of β-amino-alcohol motifs (C(OH)–C–C–N with tert-alkyl or cyclic N) is 1. The second-order valence-corrected chi connectivity index (χ2v) is 4.04. The van der Waals surface area contributed by atoms with Crippen LogP contribution in [0.5, 0.6) is 0 Å². The lowest BCUT2D eigenvalue weighted by molar-refractivity contribution is 0.128. The number of hydrogen-bond donors (Lipinski definition) is 2. The second kappa shape index (κ2) is 4.94. The van der Waals surface area contributed by atoms with Crippen molar-refractivity contribution in [2.75, 3.05) is 19.6 Å². The Labute approximate surface area is 80.9 Å². The van der Waals surface area contributed by atoms with Gasteiger partial charge in [-0.05, 0) is 13.0 Å². The number of hydrogen-bond acceptors (Lipinski definition) is 3. The Balaban J connectivity index is 2.41. The van der Waals surface area contributed by atoms with E-state index in [0.29, 0.717) is 5.92 Å². The molecule has 1 aliphatic heterocycles. The smallest absolute Gasteiger partial charge is 0.0722 e. The van der Waals surface area contributed by atoms with Crippen molar-refractivity contribution in [2.45, 2.75) is 38.8 Å². The first-order valence-corrected chi connectivity index (χ1v) is 5.35. The standard InChI is InChI=1S/C10H22N2O/c1-3-5-9(11)8-6-12(4-2)7-10(8)13/h8-10,13H,3-7,11H2,1-2H3. The van der Waals surface area contributed by atoms with E-state index in [2.05, 4.69) is 18.7 Å². The predicted octanol–water partition coefficient (Wildman–Crippen LogP) is 0.426. The van der Waals surface area contributed by atoms with Crippen LogP contribution in [0.15, 0.2) is 0 Å². The Hall–Kier alpha value is -0.120. The fourth-order valence-corrected chi connectivity index (χ4v) is 2.12. The van der Waals surface area contributed by atoms with E-state index >= 15 is 0 Å². The van der Waals surface area contributed by atoms with E-state index in [-0.39, 0.29) is 12.1 Å². The van der Waals surface area contributed by atoms with Crippen LogP contribution >= 0.6 is 0 Å². The molecule has 78 valence electrons. The molecule has 0 aromatic rings. The van der Waals surface area contributed by atoms with Crippen LogP contribution in [0.2, 0.25) is 0 Å². The van der Waals surface area contributed by atoms with Crippen molar-refractivity contribution in [3.05, 3.63) is 0 Å². The molecular weight excluding hydrogens is 164 g/mol. The van der Waals surface area contributed by atoms with Gasteiger partial charge in [-0.3, -0.25) is 0 Å². The summed E-state index contributed by atoms with van der Waals surface area (Å²) in [4.78, 5) is 2.27. The SMILES string of the molecule is CCCC(N)C1CN(CC)CC1O. The molecule has 13 heavy (non-hydrogen) atoms. The van der Waals surface area contributed by atoms with Crippen LogP contribution < -0.4 is 5.73 Å². The topological polar surface area (TPSA) is 49.5 Å². The van der Waals surface area contributed by atoms with Gasteiger partial charge in [0.25, 0.3) is 0 Å². The zero-order chi connectivity index (χ0) is 9.84. The van der Waals surface area contributed by atoms with Crippen molar-refractivity contribution >= 4 is 0 Å². The lowest BCUT2D eigenvalue weighted by atomic mass is 9.94. The molecule has 3 nitrogen and oxygen atoms in total. The molecule has 0 bridgehead atoms. The Morgan fingerprint density at radius 3 is 2.62 bits per heavy atom. The molecule has 0 aromatic heterocycles. The Morgan fingerprint density at radius 2 is 2.15 bits per heavy atom. The van der Waals surface area contributed by atoms with Gasteiger partial charge < -0.3 is 15.7 Å². The summed E-state index contributed by atoms with van der Waals surface area (Å²) in [5, 5.41) is 9.77. The van der Waals surface area contributed by atoms with Crippen molar-refractivity contribution < 1.29 is 5.11 Å². The lowest BCUT2D eigenvalue weighted by Crippen LogP contribution is -2.37. The monoisotopic (exact) mass is 186 g/mol. The summed E-state index contributed by atoms with van der Waals surface area (Å²) in [5.41, 5.74) is 6.01. The van der Waals surface area contributed by atoms with Gasteiger partial charge in [0.1, 0.15) is 0 Å². The van der Waals surface area contributed by atoms with Crippen LogP contribution in [0, 0.1) is 5.92 Å². The highest BCUT2D eigenvalue weighted by Crippen LogP contribution is 2.21. The number of aliphatic hydroxyl groups excluding tert-OH is 1. The number of nitrogens with two attached hydrogens (primary N) is 1. The fourth-order valence-electron chi connectivity index (χ4n) is 2.12. The van der Waals surface area contributed by atoms with Gasteiger partial charge in [0.15, 0.2) is 0 Å². The average Bonchev–Trinajstić information content (AvgIpc) is 2.47. The minimum Gasteiger partial charge on any atom is -0.391 e. The summed E-state index contributed by atoms with van der Waals surface area (Å²) >= 11 is 0. The Kier molecular flexibility index (Phi) is 4.16. The first-order chi connectivity index (χ1) is 6.19. The van der Waals surface area contributed by atoms with Crippen molar-refractivity contribution in [2.24, 2.45) is 11.7 Å². The van der Waals surface area contributed by atoms with E-state index < -0.39 is 0 Å². The van der Waals surface area contributed by atoms with Gasteiger partial charge in [-0.2, -0.15) is 0 Å². The zero-order valence-corrected chi connectivity index (χ0v) is 8.74. The van der Waals surface area contributed by atoms with Gasteiger partial charge in [0, 0.05) is 25.0 Å². The molecule has 1 aliphatic rings. The van der Waals surface area contributed by atoms with Crippen LogP contribution in [-0.4, -0.2) is 41.8 Å². The van der Waals surface area contributed by atoms with E-state index in [0.717, 1.165) is 32.5 Å². The highest BCUT2D eigenvalue weighted by molar-refractivity contribution is 4.89. The average molecular weight is 186 g/mol. The second-order valence-electron chi connectivity index (χ2n) is 4.04. The van der Waals surface area contributed by atoms with Crippen LogP contribution in [-0.2, 0) is 0 Å². The first-order valence-electron chi connectivity index (χ1n) is 5.35. The quantitative estimate of drug-likeness (QED) is 0.669. The van der Waals surface area contributed by atoms with Gasteiger partial charge in [-0.1, -0.05) is 20.3 Å². The van der Waals surface area contributed by atoms with Gasteiger partial charge in [-0.15, -0.1) is 0 Å². The minimum absolute atomic E-state index is 0.177. The molecule has 0 aliphatic carbocycles. The van der Waals surface area contributed by atoms with Gasteiger partial charge >= 0.3 is 0 Å². The predicted molar refractivity (Wildman–Crippen MR) is 54.5 cm³/mol. The number of nitrogens with zero attached hydrogens (tertiary/aromatic N) is 1. The number of likely N-dealkylation sites (tertiary alicyclic amines) is 1. The van der Waals surface area contributed by atoms with Gasteiger partial charge in [-0.25, -0.2) is 0 Å². The molecular formula is C10H22N2O. The first kappa shape index (κ1) is 11.0. The molecule has 0 saturated carbocycles. The maximum atomic E-state index is 9.77. The van der Waals surface area contributed by atoms with Gasteiger partial charge in [0.2, 0.25) is 0 Å². The molecule has 3 atom stereocenters. The maximum Gasteiger partial charge on any atom is 0.0722 e. The highest BCUT2D eigenvalue weighted by atomic mass is 16.3. The molecule has 1 fully saturated rings. The summed E-state index contributed by atoms with van der Waals surface area (Å²) in [5.74, 6) is 0.292. The van der Waals surface area contributed by atoms with E-state index in [4.69, 9.17) is 5.73 Å².